The normalized spacial score (nSPS) is 14.8. The Morgan fingerprint density at radius 2 is 1.94 bits per heavy atom. The maximum atomic E-state index is 13.4. The third kappa shape index (κ3) is 6.76. The molecule has 0 unspecified atom stereocenters. The van der Waals surface area contributed by atoms with E-state index in [1.54, 1.807) is 6.07 Å². The third-order valence-corrected chi connectivity index (χ3v) is 4.93. The number of nitrogens with one attached hydrogen (secondary N) is 2. The summed E-state index contributed by atoms with van der Waals surface area (Å²) in [5.74, 6) is 3.96. The number of amides is 2. The van der Waals surface area contributed by atoms with Crippen molar-refractivity contribution in [3.63, 3.8) is 0 Å². The average Bonchev–Trinajstić information content (AvgIpc) is 3.53. The Morgan fingerprint density at radius 3 is 2.56 bits per heavy atom. The highest BCUT2D eigenvalue weighted by molar-refractivity contribution is 5.93. The maximum absolute atomic E-state index is 13.4. The van der Waals surface area contributed by atoms with Crippen LogP contribution in [0.15, 0.2) is 29.9 Å². The molecule has 2 heterocycles. The van der Waals surface area contributed by atoms with Crippen LogP contribution in [0.4, 0.5) is 22.0 Å². The van der Waals surface area contributed by atoms with Crippen LogP contribution >= 0.6 is 0 Å². The van der Waals surface area contributed by atoms with Gasteiger partial charge in [-0.15, -0.1) is 0 Å². The number of nitrogens with zero attached hydrogens (tertiary/aromatic N) is 4. The highest BCUT2D eigenvalue weighted by Crippen LogP contribution is 2.29. The lowest BCUT2D eigenvalue weighted by Crippen LogP contribution is -2.41. The van der Waals surface area contributed by atoms with Crippen molar-refractivity contribution in [1.82, 2.24) is 30.2 Å². The molecule has 2 aromatic heterocycles. The summed E-state index contributed by atoms with van der Waals surface area (Å²) in [4.78, 5) is 28.1. The SMILES string of the molecule is N/C(C(=O)NCc1cn2ncc(CNC(=O)CCC(F)(F)F)cc2n1)=C(/C(F)F)N(N)C1CC1. The molecule has 0 atom stereocenters. The summed E-state index contributed by atoms with van der Waals surface area (Å²) in [5, 5.41) is 9.68. The molecule has 1 aliphatic rings. The van der Waals surface area contributed by atoms with Gasteiger partial charge in [0, 0.05) is 19.0 Å². The van der Waals surface area contributed by atoms with Gasteiger partial charge in [0.2, 0.25) is 5.91 Å². The van der Waals surface area contributed by atoms with Crippen molar-refractivity contribution in [3.05, 3.63) is 41.1 Å². The van der Waals surface area contributed by atoms with Crippen LogP contribution < -0.4 is 22.2 Å². The van der Waals surface area contributed by atoms with Crippen molar-refractivity contribution in [1.29, 1.82) is 0 Å². The van der Waals surface area contributed by atoms with Crippen molar-refractivity contribution < 1.29 is 31.5 Å². The minimum atomic E-state index is -4.41. The number of hydrazine groups is 1. The molecule has 0 bridgehead atoms. The number of imidazole rings is 1. The number of nitrogens with two attached hydrogens (primary N) is 2. The fourth-order valence-electron chi connectivity index (χ4n) is 2.99. The topological polar surface area (TPSA) is 144 Å². The van der Waals surface area contributed by atoms with Crippen LogP contribution in [0.5, 0.6) is 0 Å². The second-order valence-corrected chi connectivity index (χ2v) is 7.71. The van der Waals surface area contributed by atoms with Gasteiger partial charge in [-0.05, 0) is 24.5 Å². The molecule has 1 aliphatic carbocycles. The van der Waals surface area contributed by atoms with Crippen LogP contribution in [-0.4, -0.2) is 50.1 Å². The molecule has 10 nitrogen and oxygen atoms in total. The summed E-state index contributed by atoms with van der Waals surface area (Å²) < 4.78 is 64.6. The van der Waals surface area contributed by atoms with Crippen LogP contribution in [0.25, 0.3) is 5.65 Å². The molecule has 1 fully saturated rings. The number of fused-ring (bicyclic) bond motifs is 1. The quantitative estimate of drug-likeness (QED) is 0.169. The summed E-state index contributed by atoms with van der Waals surface area (Å²) in [6.07, 6.45) is -5.19. The summed E-state index contributed by atoms with van der Waals surface area (Å²) in [6, 6.07) is 1.27. The fourth-order valence-corrected chi connectivity index (χ4v) is 2.99. The van der Waals surface area contributed by atoms with Crippen LogP contribution in [0.2, 0.25) is 0 Å². The van der Waals surface area contributed by atoms with E-state index >= 15 is 0 Å². The van der Waals surface area contributed by atoms with E-state index in [1.165, 1.54) is 16.9 Å². The summed E-state index contributed by atoms with van der Waals surface area (Å²) in [6.45, 7) is -0.190. The van der Waals surface area contributed by atoms with Gasteiger partial charge in [-0.3, -0.25) is 9.59 Å². The largest absolute Gasteiger partial charge is 0.393 e. The van der Waals surface area contributed by atoms with Gasteiger partial charge in [0.25, 0.3) is 12.3 Å². The maximum Gasteiger partial charge on any atom is 0.389 e. The first-order valence-corrected chi connectivity index (χ1v) is 10.2. The van der Waals surface area contributed by atoms with Gasteiger partial charge < -0.3 is 21.4 Å². The molecule has 186 valence electrons. The third-order valence-electron chi connectivity index (χ3n) is 4.93. The monoisotopic (exact) mass is 490 g/mol. The van der Waals surface area contributed by atoms with Crippen molar-refractivity contribution in [2.24, 2.45) is 11.6 Å². The molecule has 34 heavy (non-hydrogen) atoms. The Hall–Kier alpha value is -3.49. The molecular weight excluding hydrogens is 467 g/mol. The van der Waals surface area contributed by atoms with E-state index in [9.17, 15) is 31.5 Å². The van der Waals surface area contributed by atoms with E-state index in [4.69, 9.17) is 11.6 Å². The first kappa shape index (κ1) is 25.1. The van der Waals surface area contributed by atoms with Crippen LogP contribution in [0, 0.1) is 0 Å². The number of aromatic nitrogens is 3. The molecule has 2 aromatic rings. The van der Waals surface area contributed by atoms with E-state index in [2.05, 4.69) is 20.7 Å². The van der Waals surface area contributed by atoms with Crippen LogP contribution in [-0.2, 0) is 22.7 Å². The van der Waals surface area contributed by atoms with Gasteiger partial charge in [-0.1, -0.05) is 0 Å². The van der Waals surface area contributed by atoms with Crippen LogP contribution in [0.3, 0.4) is 0 Å². The predicted molar refractivity (Wildman–Crippen MR) is 108 cm³/mol. The first-order chi connectivity index (χ1) is 15.9. The Kier molecular flexibility index (Phi) is 7.54. The van der Waals surface area contributed by atoms with Crippen molar-refractivity contribution in [2.45, 2.75) is 57.4 Å². The van der Waals surface area contributed by atoms with Crippen molar-refractivity contribution in [2.75, 3.05) is 0 Å². The molecule has 0 spiro atoms. The highest BCUT2D eigenvalue weighted by atomic mass is 19.4. The Morgan fingerprint density at radius 1 is 1.24 bits per heavy atom. The van der Waals surface area contributed by atoms with E-state index in [-0.39, 0.29) is 19.1 Å². The Balaban J connectivity index is 1.59. The number of carbonyl (C=O) groups excluding carboxylic acids is 2. The Labute approximate surface area is 190 Å². The molecule has 15 heteroatoms. The number of carbonyl (C=O) groups is 2. The number of rotatable bonds is 10. The molecule has 1 saturated carbocycles. The van der Waals surface area contributed by atoms with Gasteiger partial charge >= 0.3 is 6.18 Å². The number of hydrogen-bond donors (Lipinski definition) is 4. The number of halogens is 5. The van der Waals surface area contributed by atoms with Gasteiger partial charge in [0.1, 0.15) is 11.4 Å². The predicted octanol–water partition coefficient (Wildman–Crippen LogP) is 1.08. The highest BCUT2D eigenvalue weighted by Gasteiger charge is 2.34. The Bertz CT molecular complexity index is 1080. The van der Waals surface area contributed by atoms with Crippen molar-refractivity contribution >= 4 is 17.5 Å². The molecule has 0 aliphatic heterocycles. The van der Waals surface area contributed by atoms with Gasteiger partial charge in [0.05, 0.1) is 31.1 Å². The summed E-state index contributed by atoms with van der Waals surface area (Å²) >= 11 is 0. The second kappa shape index (κ2) is 10.2. The summed E-state index contributed by atoms with van der Waals surface area (Å²) in [7, 11) is 0. The molecular formula is C19H23F5N8O2. The fraction of sp³-hybridized carbons (Fsp3) is 0.474. The van der Waals surface area contributed by atoms with E-state index in [0.29, 0.717) is 29.7 Å². The lowest BCUT2D eigenvalue weighted by atomic mass is 10.2. The number of allylic oxidation sites excluding steroid dienone is 1. The summed E-state index contributed by atoms with van der Waals surface area (Å²) in [5.41, 5.74) is 5.37. The minimum Gasteiger partial charge on any atom is -0.393 e. The lowest BCUT2D eigenvalue weighted by molar-refractivity contribution is -0.144. The zero-order chi connectivity index (χ0) is 25.0. The van der Waals surface area contributed by atoms with Gasteiger partial charge in [0.15, 0.2) is 5.65 Å². The minimum absolute atomic E-state index is 0.0482. The molecule has 2 amide bonds. The van der Waals surface area contributed by atoms with E-state index < -0.39 is 48.7 Å². The first-order valence-electron chi connectivity index (χ1n) is 10.2. The second-order valence-electron chi connectivity index (χ2n) is 7.71. The van der Waals surface area contributed by atoms with Crippen molar-refractivity contribution in [3.8, 4) is 0 Å². The number of hydrogen-bond acceptors (Lipinski definition) is 7. The number of alkyl halides is 5. The average molecular weight is 490 g/mol. The molecule has 3 rings (SSSR count). The smallest absolute Gasteiger partial charge is 0.389 e. The van der Waals surface area contributed by atoms with Gasteiger partial charge in [-0.25, -0.2) is 24.1 Å². The molecule has 0 aromatic carbocycles. The van der Waals surface area contributed by atoms with Gasteiger partial charge in [-0.2, -0.15) is 18.3 Å². The zero-order valence-electron chi connectivity index (χ0n) is 17.8. The molecule has 0 saturated heterocycles. The standard InChI is InChI=1S/C19H23F5N8O2/c20-17(21)16(32(26)12-1-2-12)15(25)18(34)28-8-11-9-31-13(30-11)5-10(7-29-31)6-27-14(33)3-4-19(22,23)24/h5,7,9,12,17H,1-4,6,8,25-26H2,(H,27,33)(H,28,34)/b16-15-. The van der Waals surface area contributed by atoms with Crippen LogP contribution in [0.1, 0.15) is 36.9 Å². The molecule has 6 N–H and O–H groups in total. The zero-order valence-corrected chi connectivity index (χ0v) is 17.8. The van der Waals surface area contributed by atoms with E-state index in [0.717, 1.165) is 5.01 Å². The molecule has 0 radical (unpaired) electrons. The van der Waals surface area contributed by atoms with E-state index in [1.807, 2.05) is 0 Å². The lowest BCUT2D eigenvalue weighted by Gasteiger charge is -2.22.